The van der Waals surface area contributed by atoms with Crippen LogP contribution in [0.15, 0.2) is 41.9 Å². The third-order valence-corrected chi connectivity index (χ3v) is 12.7. The molecule has 1 aliphatic rings. The fourth-order valence-corrected chi connectivity index (χ4v) is 9.47. The van der Waals surface area contributed by atoms with Gasteiger partial charge in [0, 0.05) is 76.6 Å². The summed E-state index contributed by atoms with van der Waals surface area (Å²) < 4.78 is 12.1. The van der Waals surface area contributed by atoms with Gasteiger partial charge in [-0.25, -0.2) is 4.98 Å². The van der Waals surface area contributed by atoms with Gasteiger partial charge in [-0.3, -0.25) is 24.1 Å². The number of carbonyl (C=O) groups is 4. The van der Waals surface area contributed by atoms with Crippen molar-refractivity contribution in [1.82, 2.24) is 19.7 Å². The van der Waals surface area contributed by atoms with Gasteiger partial charge in [-0.05, 0) is 57.2 Å². The molecule has 0 spiro atoms. The lowest BCUT2D eigenvalue weighted by atomic mass is 9.85. The van der Waals surface area contributed by atoms with Crippen LogP contribution < -0.4 is 0 Å². The van der Waals surface area contributed by atoms with Gasteiger partial charge in [0.25, 0.3) is 0 Å². The van der Waals surface area contributed by atoms with Crippen molar-refractivity contribution in [1.29, 1.82) is 0 Å². The number of ether oxygens (including phenoxy) is 2. The van der Waals surface area contributed by atoms with E-state index < -0.39 is 30.1 Å². The summed E-state index contributed by atoms with van der Waals surface area (Å²) >= 11 is 1.56. The van der Waals surface area contributed by atoms with E-state index in [1.165, 1.54) is 0 Å². The van der Waals surface area contributed by atoms with E-state index in [0.29, 0.717) is 25.8 Å². The quantitative estimate of drug-likeness (QED) is 0.139. The molecule has 0 aliphatic carbocycles. The minimum atomic E-state index is -0.698. The maximum atomic E-state index is 14.3. The Bertz CT molecular complexity index is 1460. The third-order valence-electron chi connectivity index (χ3n) is 11.7. The number of methoxy groups -OCH3 is 2. The van der Waals surface area contributed by atoms with E-state index in [-0.39, 0.29) is 79.1 Å². The van der Waals surface area contributed by atoms with Crippen LogP contribution in [0.3, 0.4) is 0 Å². The van der Waals surface area contributed by atoms with E-state index in [1.807, 2.05) is 82.1 Å². The second-order valence-electron chi connectivity index (χ2n) is 16.0. The van der Waals surface area contributed by atoms with Gasteiger partial charge < -0.3 is 24.4 Å². The van der Waals surface area contributed by atoms with Crippen molar-refractivity contribution in [3.8, 4) is 0 Å². The van der Waals surface area contributed by atoms with Gasteiger partial charge in [0.2, 0.25) is 11.8 Å². The third kappa shape index (κ3) is 12.5. The number of hydrogen-bond donors (Lipinski definition) is 1. The number of aliphatic hydroxyl groups excluding tert-OH is 1. The molecule has 11 nitrogen and oxygen atoms in total. The van der Waals surface area contributed by atoms with Crippen LogP contribution in [0, 0.1) is 23.7 Å². The molecular formula is C43H68N4O7S. The summed E-state index contributed by atoms with van der Waals surface area (Å²) in [6.45, 7) is 10.3. The number of hydrogen-bond acceptors (Lipinski definition) is 10. The normalized spacial score (nSPS) is 19.1. The highest BCUT2D eigenvalue weighted by atomic mass is 32.1. The van der Waals surface area contributed by atoms with Gasteiger partial charge >= 0.3 is 0 Å². The number of likely N-dealkylation sites (tertiary alicyclic amines) is 1. The zero-order chi connectivity index (χ0) is 40.8. The Hall–Kier alpha value is -3.03. The highest BCUT2D eigenvalue weighted by Crippen LogP contribution is 2.33. The molecule has 55 heavy (non-hydrogen) atoms. The van der Waals surface area contributed by atoms with Gasteiger partial charge in [0.05, 0.1) is 41.8 Å². The first-order valence-corrected chi connectivity index (χ1v) is 21.0. The molecule has 1 N–H and O–H groups in total. The number of amides is 2. The van der Waals surface area contributed by atoms with Crippen molar-refractivity contribution in [2.45, 2.75) is 122 Å². The molecule has 12 heteroatoms. The molecule has 2 heterocycles. The molecule has 9 atom stereocenters. The molecule has 0 unspecified atom stereocenters. The van der Waals surface area contributed by atoms with Gasteiger partial charge in [-0.2, -0.15) is 0 Å². The molecule has 0 radical (unpaired) electrons. The fraction of sp³-hybridized carbons (Fsp3) is 0.698. The maximum Gasteiger partial charge on any atom is 0.226 e. The fourth-order valence-electron chi connectivity index (χ4n) is 8.73. The number of nitrogens with zero attached hydrogens (tertiary/aromatic N) is 4. The first kappa shape index (κ1) is 46.4. The summed E-state index contributed by atoms with van der Waals surface area (Å²) in [6, 6.07) is 9.06. The first-order valence-electron chi connectivity index (χ1n) is 20.1. The highest BCUT2D eigenvalue weighted by molar-refractivity contribution is 7.09. The van der Waals surface area contributed by atoms with E-state index in [2.05, 4.69) is 17.1 Å². The van der Waals surface area contributed by atoms with Crippen molar-refractivity contribution in [3.05, 3.63) is 52.5 Å². The van der Waals surface area contributed by atoms with Gasteiger partial charge in [0.15, 0.2) is 5.78 Å². The largest absolute Gasteiger partial charge is 0.396 e. The average molecular weight is 785 g/mol. The maximum absolute atomic E-state index is 14.3. The second-order valence-corrected chi connectivity index (χ2v) is 17.0. The summed E-state index contributed by atoms with van der Waals surface area (Å²) in [5.41, 5.74) is 1.15. The van der Waals surface area contributed by atoms with E-state index >= 15 is 0 Å². The Morgan fingerprint density at radius 1 is 0.982 bits per heavy atom. The number of Topliss-reactive ketones (excluding diaryl/α,β-unsaturated/α-hetero) is 2. The Kier molecular flexibility index (Phi) is 19.1. The van der Waals surface area contributed by atoms with Crippen molar-refractivity contribution in [3.63, 3.8) is 0 Å². The Balaban J connectivity index is 1.78. The Labute approximate surface area is 334 Å². The number of benzene rings is 1. The lowest BCUT2D eigenvalue weighted by Gasteiger charge is -2.40. The first-order chi connectivity index (χ1) is 26.2. The number of likely N-dealkylation sites (N-methyl/N-ethyl adjacent to an activating group) is 2. The molecule has 308 valence electrons. The van der Waals surface area contributed by atoms with Gasteiger partial charge in [-0.1, -0.05) is 71.4 Å². The van der Waals surface area contributed by atoms with E-state index in [0.717, 1.165) is 23.4 Å². The predicted octanol–water partition coefficient (Wildman–Crippen LogP) is 5.89. The van der Waals surface area contributed by atoms with Crippen LogP contribution in [0.1, 0.15) is 96.1 Å². The highest BCUT2D eigenvalue weighted by Gasteiger charge is 2.43. The number of rotatable bonds is 24. The molecule has 2 aromatic rings. The molecule has 1 aliphatic heterocycles. The van der Waals surface area contributed by atoms with Crippen LogP contribution in [0.2, 0.25) is 0 Å². The monoisotopic (exact) mass is 784 g/mol. The van der Waals surface area contributed by atoms with Crippen LogP contribution in [-0.2, 0) is 35.1 Å². The van der Waals surface area contributed by atoms with Crippen LogP contribution >= 0.6 is 11.3 Å². The van der Waals surface area contributed by atoms with E-state index in [1.54, 1.807) is 43.7 Å². The lowest BCUT2D eigenvalue weighted by molar-refractivity contribution is -0.148. The Morgan fingerprint density at radius 2 is 1.67 bits per heavy atom. The minimum Gasteiger partial charge on any atom is -0.396 e. The zero-order valence-electron chi connectivity index (χ0n) is 35.0. The van der Waals surface area contributed by atoms with E-state index in [4.69, 9.17) is 9.47 Å². The molecule has 1 aromatic carbocycles. The topological polar surface area (TPSA) is 130 Å². The minimum absolute atomic E-state index is 0.0240. The zero-order valence-corrected chi connectivity index (χ0v) is 35.8. The SMILES string of the molecule is CC[C@H](C)[C@@H]([C@@H](CC(=O)N1CCC[C@H]1[C@H](OC)[C@@H](C)C(=O)C[C@@H](Cc1ccccc1)c1nccs1)OC)N(C)C(=O)[C@H](CCO)CC(=O)[C@H](C(C)C)N(C)C. The molecule has 1 aromatic heterocycles. The molecule has 3 rings (SSSR count). The van der Waals surface area contributed by atoms with Crippen molar-refractivity contribution in [2.75, 3.05) is 48.5 Å². The van der Waals surface area contributed by atoms with Crippen LogP contribution in [0.4, 0.5) is 0 Å². The number of ketones is 2. The smallest absolute Gasteiger partial charge is 0.226 e. The predicted molar refractivity (Wildman–Crippen MR) is 218 cm³/mol. The lowest BCUT2D eigenvalue weighted by Crippen LogP contribution is -2.54. The van der Waals surface area contributed by atoms with E-state index in [9.17, 15) is 24.3 Å². The molecular weight excluding hydrogens is 717 g/mol. The number of carbonyl (C=O) groups excluding carboxylic acids is 4. The summed E-state index contributed by atoms with van der Waals surface area (Å²) in [5, 5.41) is 12.8. The number of thiazole rings is 1. The van der Waals surface area contributed by atoms with Crippen LogP contribution in [-0.4, -0.2) is 127 Å². The molecule has 1 fully saturated rings. The van der Waals surface area contributed by atoms with Gasteiger partial charge in [0.1, 0.15) is 5.78 Å². The van der Waals surface area contributed by atoms with Crippen molar-refractivity contribution >= 4 is 34.7 Å². The Morgan fingerprint density at radius 3 is 2.22 bits per heavy atom. The number of aromatic nitrogens is 1. The average Bonchev–Trinajstić information content (AvgIpc) is 3.87. The van der Waals surface area contributed by atoms with Gasteiger partial charge in [-0.15, -0.1) is 11.3 Å². The van der Waals surface area contributed by atoms with Crippen molar-refractivity contribution < 1.29 is 33.8 Å². The molecule has 0 bridgehead atoms. The number of aliphatic hydroxyl groups is 1. The molecule has 1 saturated heterocycles. The van der Waals surface area contributed by atoms with Crippen LogP contribution in [0.25, 0.3) is 0 Å². The van der Waals surface area contributed by atoms with Crippen LogP contribution in [0.5, 0.6) is 0 Å². The van der Waals surface area contributed by atoms with Crippen molar-refractivity contribution in [2.24, 2.45) is 23.7 Å². The summed E-state index contributed by atoms with van der Waals surface area (Å²) in [5.74, 6) is -1.47. The summed E-state index contributed by atoms with van der Waals surface area (Å²) in [6.07, 6.45) is 4.17. The standard InChI is InChI=1S/C43H68N4O7S/c1-11-29(4)40(46(8)43(52)32(19-22-48)25-36(50)39(28(2)3)45(6)7)37(53-9)27-38(51)47-21-15-18-34(47)41(54-10)30(5)35(49)26-33(42-44-20-23-55-42)24-31-16-13-12-14-17-31/h12-14,16-17,20,23,28-30,32-34,37,39-41,48H,11,15,18-19,21-22,24-27H2,1-10H3/t29-,30-,32+,33+,34-,37+,39-,40-,41+/m0/s1. The summed E-state index contributed by atoms with van der Waals surface area (Å²) in [4.78, 5) is 65.9. The molecule has 2 amide bonds. The second kappa shape index (κ2) is 22.6. The molecule has 0 saturated carbocycles. The summed E-state index contributed by atoms with van der Waals surface area (Å²) in [7, 11) is 8.63.